The van der Waals surface area contributed by atoms with E-state index in [1.54, 1.807) is 6.07 Å². The van der Waals surface area contributed by atoms with Crippen molar-refractivity contribution in [2.75, 3.05) is 0 Å². The molecule has 3 heteroatoms. The Morgan fingerprint density at radius 3 is 2.40 bits per heavy atom. The van der Waals surface area contributed by atoms with E-state index in [2.05, 4.69) is 29.8 Å². The van der Waals surface area contributed by atoms with Crippen molar-refractivity contribution >= 4 is 15.9 Å². The van der Waals surface area contributed by atoms with Gasteiger partial charge in [-0.1, -0.05) is 48.0 Å². The second-order valence-corrected chi connectivity index (χ2v) is 5.44. The van der Waals surface area contributed by atoms with E-state index in [4.69, 9.17) is 4.74 Å². The van der Waals surface area contributed by atoms with E-state index in [9.17, 15) is 4.39 Å². The van der Waals surface area contributed by atoms with E-state index in [0.29, 0.717) is 17.0 Å². The fraction of sp³-hybridized carbons (Fsp3) is 0.294. The first-order valence-electron chi connectivity index (χ1n) is 6.76. The molecular formula is C17H18BrFO. The summed E-state index contributed by atoms with van der Waals surface area (Å²) in [4.78, 5) is 0. The standard InChI is InChI=1S/C17H18BrFO/c1-3-12(2)14-5-7-15(8-6-14)20-17-9-4-13(11-18)10-16(17)19/h4-10,12H,3,11H2,1-2H3. The highest BCUT2D eigenvalue weighted by Crippen LogP contribution is 2.27. The van der Waals surface area contributed by atoms with Crippen LogP contribution in [-0.2, 0) is 5.33 Å². The second kappa shape index (κ2) is 6.89. The van der Waals surface area contributed by atoms with Gasteiger partial charge in [0.05, 0.1) is 0 Å². The third kappa shape index (κ3) is 3.60. The van der Waals surface area contributed by atoms with Crippen LogP contribution in [0.15, 0.2) is 42.5 Å². The highest BCUT2D eigenvalue weighted by molar-refractivity contribution is 9.08. The minimum absolute atomic E-state index is 0.256. The van der Waals surface area contributed by atoms with Crippen molar-refractivity contribution in [2.24, 2.45) is 0 Å². The molecule has 0 amide bonds. The minimum Gasteiger partial charge on any atom is -0.454 e. The molecule has 0 aliphatic rings. The highest BCUT2D eigenvalue weighted by atomic mass is 79.9. The lowest BCUT2D eigenvalue weighted by Gasteiger charge is -2.11. The quantitative estimate of drug-likeness (QED) is 0.606. The SMILES string of the molecule is CCC(C)c1ccc(Oc2ccc(CBr)cc2F)cc1. The van der Waals surface area contributed by atoms with Gasteiger partial charge in [0.1, 0.15) is 5.75 Å². The van der Waals surface area contributed by atoms with E-state index in [1.807, 2.05) is 30.3 Å². The van der Waals surface area contributed by atoms with E-state index in [-0.39, 0.29) is 11.6 Å². The zero-order valence-corrected chi connectivity index (χ0v) is 13.3. The van der Waals surface area contributed by atoms with Gasteiger partial charge in [-0.25, -0.2) is 4.39 Å². The first-order chi connectivity index (χ1) is 9.63. The van der Waals surface area contributed by atoms with Crippen LogP contribution in [0.5, 0.6) is 11.5 Å². The predicted octanol–water partition coefficient (Wildman–Crippen LogP) is 6.03. The number of ether oxygens (including phenoxy) is 1. The van der Waals surface area contributed by atoms with E-state index in [1.165, 1.54) is 11.6 Å². The van der Waals surface area contributed by atoms with Gasteiger partial charge in [0.2, 0.25) is 0 Å². The van der Waals surface area contributed by atoms with Crippen LogP contribution in [0.25, 0.3) is 0 Å². The van der Waals surface area contributed by atoms with Crippen molar-refractivity contribution in [1.82, 2.24) is 0 Å². The summed E-state index contributed by atoms with van der Waals surface area (Å²) in [5.74, 6) is 1.10. The Labute approximate surface area is 127 Å². The Kier molecular flexibility index (Phi) is 5.18. The summed E-state index contributed by atoms with van der Waals surface area (Å²) in [6, 6.07) is 12.8. The summed E-state index contributed by atoms with van der Waals surface area (Å²) >= 11 is 3.30. The van der Waals surface area contributed by atoms with Gasteiger partial charge in [-0.05, 0) is 47.7 Å². The topological polar surface area (TPSA) is 9.23 Å². The number of halogens is 2. The van der Waals surface area contributed by atoms with Gasteiger partial charge in [-0.3, -0.25) is 0 Å². The first kappa shape index (κ1) is 15.0. The van der Waals surface area contributed by atoms with Gasteiger partial charge in [0.25, 0.3) is 0 Å². The Morgan fingerprint density at radius 1 is 1.15 bits per heavy atom. The summed E-state index contributed by atoms with van der Waals surface area (Å²) in [5, 5.41) is 0.633. The average molecular weight is 337 g/mol. The lowest BCUT2D eigenvalue weighted by atomic mass is 9.99. The van der Waals surface area contributed by atoms with Gasteiger partial charge >= 0.3 is 0 Å². The van der Waals surface area contributed by atoms with Crippen LogP contribution >= 0.6 is 15.9 Å². The lowest BCUT2D eigenvalue weighted by molar-refractivity contribution is 0.441. The van der Waals surface area contributed by atoms with Crippen LogP contribution in [-0.4, -0.2) is 0 Å². The van der Waals surface area contributed by atoms with Crippen LogP contribution in [0.4, 0.5) is 4.39 Å². The Hall–Kier alpha value is -1.35. The number of benzene rings is 2. The fourth-order valence-electron chi connectivity index (χ4n) is 1.94. The predicted molar refractivity (Wildman–Crippen MR) is 84.3 cm³/mol. The van der Waals surface area contributed by atoms with Crippen LogP contribution < -0.4 is 4.74 Å². The van der Waals surface area contributed by atoms with Crippen LogP contribution in [0.1, 0.15) is 37.3 Å². The molecule has 1 atom stereocenters. The molecule has 0 spiro atoms. The molecule has 0 bridgehead atoms. The zero-order valence-electron chi connectivity index (χ0n) is 11.7. The molecule has 0 saturated heterocycles. The molecule has 0 fully saturated rings. The van der Waals surface area contributed by atoms with Crippen molar-refractivity contribution in [3.63, 3.8) is 0 Å². The molecule has 20 heavy (non-hydrogen) atoms. The molecule has 2 rings (SSSR count). The highest BCUT2D eigenvalue weighted by Gasteiger charge is 2.07. The molecule has 0 aromatic heterocycles. The molecular weight excluding hydrogens is 319 g/mol. The van der Waals surface area contributed by atoms with Crippen molar-refractivity contribution in [1.29, 1.82) is 0 Å². The molecule has 0 saturated carbocycles. The average Bonchev–Trinajstić information content (AvgIpc) is 2.49. The molecule has 0 aliphatic heterocycles. The monoisotopic (exact) mass is 336 g/mol. The lowest BCUT2D eigenvalue weighted by Crippen LogP contribution is -1.93. The molecule has 1 unspecified atom stereocenters. The zero-order chi connectivity index (χ0) is 14.5. The Balaban J connectivity index is 2.14. The van der Waals surface area contributed by atoms with Gasteiger partial charge in [0.15, 0.2) is 11.6 Å². The summed E-state index contributed by atoms with van der Waals surface area (Å²) in [6.45, 7) is 4.35. The molecule has 0 heterocycles. The molecule has 0 aliphatic carbocycles. The van der Waals surface area contributed by atoms with Gasteiger partial charge < -0.3 is 4.74 Å². The maximum absolute atomic E-state index is 13.8. The van der Waals surface area contributed by atoms with Crippen molar-refractivity contribution in [3.8, 4) is 11.5 Å². The van der Waals surface area contributed by atoms with E-state index in [0.717, 1.165) is 12.0 Å². The number of rotatable bonds is 5. The molecule has 2 aromatic rings. The number of hydrogen-bond acceptors (Lipinski definition) is 1. The van der Waals surface area contributed by atoms with Crippen LogP contribution in [0, 0.1) is 5.82 Å². The number of hydrogen-bond donors (Lipinski definition) is 0. The van der Waals surface area contributed by atoms with Crippen LogP contribution in [0.2, 0.25) is 0 Å². The van der Waals surface area contributed by atoms with Crippen molar-refractivity contribution < 1.29 is 9.13 Å². The normalized spacial score (nSPS) is 12.2. The third-order valence-corrected chi connectivity index (χ3v) is 4.09. The summed E-state index contributed by atoms with van der Waals surface area (Å²) in [6.07, 6.45) is 1.10. The molecule has 0 radical (unpaired) electrons. The van der Waals surface area contributed by atoms with Gasteiger partial charge in [-0.15, -0.1) is 0 Å². The second-order valence-electron chi connectivity index (χ2n) is 4.88. The van der Waals surface area contributed by atoms with Gasteiger partial charge in [-0.2, -0.15) is 0 Å². The molecule has 106 valence electrons. The third-order valence-electron chi connectivity index (χ3n) is 3.44. The minimum atomic E-state index is -0.340. The Morgan fingerprint density at radius 2 is 1.85 bits per heavy atom. The van der Waals surface area contributed by atoms with Crippen molar-refractivity contribution in [2.45, 2.75) is 31.5 Å². The first-order valence-corrected chi connectivity index (χ1v) is 7.88. The molecule has 1 nitrogen and oxygen atoms in total. The maximum atomic E-state index is 13.8. The fourth-order valence-corrected chi connectivity index (χ4v) is 2.29. The summed E-state index contributed by atoms with van der Waals surface area (Å²) in [5.41, 5.74) is 2.16. The summed E-state index contributed by atoms with van der Waals surface area (Å²) < 4.78 is 19.4. The van der Waals surface area contributed by atoms with E-state index >= 15 is 0 Å². The molecule has 2 aromatic carbocycles. The Bertz CT molecular complexity index is 566. The largest absolute Gasteiger partial charge is 0.454 e. The van der Waals surface area contributed by atoms with Gasteiger partial charge in [0, 0.05) is 5.33 Å². The van der Waals surface area contributed by atoms with E-state index < -0.39 is 0 Å². The smallest absolute Gasteiger partial charge is 0.166 e. The van der Waals surface area contributed by atoms with Crippen LogP contribution in [0.3, 0.4) is 0 Å². The number of alkyl halides is 1. The maximum Gasteiger partial charge on any atom is 0.166 e. The summed E-state index contributed by atoms with van der Waals surface area (Å²) in [7, 11) is 0. The molecule has 0 N–H and O–H groups in total. The van der Waals surface area contributed by atoms with Crippen molar-refractivity contribution in [3.05, 3.63) is 59.4 Å².